The SMILES string of the molecule is CCCCCCCCCCCCCCCCCC(=O)O[C@H](COC(=O)CCCCCCCCCCCCCC)COP(=O)(O)OC[C@@H](O)COP(=O)(O)OC[C@@H](COC(=O)CCCCCCCCCCCC)OC(=O)CCCCCCCCC(C)CC. The van der Waals surface area contributed by atoms with E-state index in [4.69, 9.17) is 37.0 Å². The average Bonchev–Trinajstić information content (AvgIpc) is 3.70. The van der Waals surface area contributed by atoms with E-state index < -0.39 is 97.5 Å². The third kappa shape index (κ3) is 61.3. The molecule has 0 aliphatic rings. The number of phosphoric acid groups is 2. The molecule has 6 atom stereocenters. The van der Waals surface area contributed by atoms with Crippen molar-refractivity contribution in [1.82, 2.24) is 0 Å². The van der Waals surface area contributed by atoms with E-state index in [1.54, 1.807) is 0 Å². The molecule has 0 saturated heterocycles. The van der Waals surface area contributed by atoms with Gasteiger partial charge < -0.3 is 33.8 Å². The van der Waals surface area contributed by atoms with Crippen LogP contribution in [0.5, 0.6) is 0 Å². The molecule has 516 valence electrons. The van der Waals surface area contributed by atoms with Crippen molar-refractivity contribution < 1.29 is 80.2 Å². The summed E-state index contributed by atoms with van der Waals surface area (Å²) in [6.45, 7) is 7.18. The lowest BCUT2D eigenvalue weighted by Crippen LogP contribution is -2.30. The molecule has 3 N–H and O–H groups in total. The number of unbranched alkanes of at least 4 members (excludes halogenated alkanes) is 39. The minimum Gasteiger partial charge on any atom is -0.462 e. The first-order chi connectivity index (χ1) is 42.1. The fourth-order valence-corrected chi connectivity index (χ4v) is 11.8. The Kier molecular flexibility index (Phi) is 60.2. The normalized spacial score (nSPS) is 14.4. The Hall–Kier alpha value is -1.94. The molecule has 0 heterocycles. The van der Waals surface area contributed by atoms with Crippen molar-refractivity contribution in [3.63, 3.8) is 0 Å². The van der Waals surface area contributed by atoms with Crippen molar-refractivity contribution in [3.8, 4) is 0 Å². The van der Waals surface area contributed by atoms with Crippen LogP contribution in [-0.2, 0) is 65.4 Å². The summed E-state index contributed by atoms with van der Waals surface area (Å²) >= 11 is 0. The molecule has 0 aromatic carbocycles. The summed E-state index contributed by atoms with van der Waals surface area (Å²) in [5, 5.41) is 10.6. The van der Waals surface area contributed by atoms with E-state index in [1.165, 1.54) is 173 Å². The fraction of sp³-hybridized carbons (Fsp3) is 0.941. The molecular weight excluding hydrogens is 1150 g/mol. The van der Waals surface area contributed by atoms with Crippen LogP contribution in [0.1, 0.15) is 349 Å². The number of ether oxygens (including phenoxy) is 4. The van der Waals surface area contributed by atoms with Crippen LogP contribution in [0.2, 0.25) is 0 Å². The van der Waals surface area contributed by atoms with E-state index in [0.29, 0.717) is 25.7 Å². The third-order valence-corrected chi connectivity index (χ3v) is 18.0. The van der Waals surface area contributed by atoms with Crippen molar-refractivity contribution in [2.24, 2.45) is 5.92 Å². The fourth-order valence-electron chi connectivity index (χ4n) is 10.3. The monoisotopic (exact) mass is 1280 g/mol. The van der Waals surface area contributed by atoms with E-state index in [-0.39, 0.29) is 25.7 Å². The first-order valence-corrected chi connectivity index (χ1v) is 38.7. The molecule has 0 amide bonds. The Balaban J connectivity index is 5.24. The maximum absolute atomic E-state index is 13.0. The van der Waals surface area contributed by atoms with Gasteiger partial charge in [0.05, 0.1) is 26.4 Å². The highest BCUT2D eigenvalue weighted by molar-refractivity contribution is 7.47. The second kappa shape index (κ2) is 61.6. The van der Waals surface area contributed by atoms with Gasteiger partial charge in [0.25, 0.3) is 0 Å². The summed E-state index contributed by atoms with van der Waals surface area (Å²) in [4.78, 5) is 72.4. The zero-order valence-corrected chi connectivity index (χ0v) is 57.9. The molecule has 0 saturated carbocycles. The van der Waals surface area contributed by atoms with Gasteiger partial charge in [0.1, 0.15) is 19.3 Å². The standard InChI is InChI=1S/C68H132O17P2/c1-6-10-13-16-19-22-25-27-28-29-31-34-37-43-48-53-67(72)84-63(57-78-66(71)52-47-42-36-33-30-26-23-20-17-14-11-7-2)59-82-86(74,75)80-55-62(69)56-81-87(76,77)83-60-64(85-68(73)54-49-44-39-38-40-45-50-61(5)9-4)58-79-65(70)51-46-41-35-32-24-21-18-15-12-8-3/h61-64,69H,6-60H2,1-5H3,(H,74,75)(H,76,77)/t61?,62-,63-,64-/m1/s1. The van der Waals surface area contributed by atoms with Crippen molar-refractivity contribution in [2.45, 2.75) is 368 Å². The van der Waals surface area contributed by atoms with Gasteiger partial charge in [0.15, 0.2) is 12.2 Å². The number of aliphatic hydroxyl groups excluding tert-OH is 1. The predicted octanol–water partition coefficient (Wildman–Crippen LogP) is 19.4. The number of esters is 4. The van der Waals surface area contributed by atoms with Crippen molar-refractivity contribution in [1.29, 1.82) is 0 Å². The quantitative estimate of drug-likeness (QED) is 0.0222. The number of phosphoric ester groups is 2. The van der Waals surface area contributed by atoms with Crippen molar-refractivity contribution in [2.75, 3.05) is 39.6 Å². The average molecular weight is 1280 g/mol. The number of carbonyl (C=O) groups excluding carboxylic acids is 4. The summed E-state index contributed by atoms with van der Waals surface area (Å²) < 4.78 is 68.2. The van der Waals surface area contributed by atoms with Crippen LogP contribution in [0.15, 0.2) is 0 Å². The molecule has 87 heavy (non-hydrogen) atoms. The molecule has 0 spiro atoms. The van der Waals surface area contributed by atoms with Gasteiger partial charge in [-0.25, -0.2) is 9.13 Å². The van der Waals surface area contributed by atoms with Gasteiger partial charge >= 0.3 is 39.5 Å². The first kappa shape index (κ1) is 85.1. The Morgan fingerprint density at radius 3 is 0.816 bits per heavy atom. The van der Waals surface area contributed by atoms with Gasteiger partial charge in [-0.3, -0.25) is 37.3 Å². The molecule has 3 unspecified atom stereocenters. The van der Waals surface area contributed by atoms with Crippen LogP contribution in [0.25, 0.3) is 0 Å². The van der Waals surface area contributed by atoms with Gasteiger partial charge in [-0.15, -0.1) is 0 Å². The molecule has 0 fully saturated rings. The maximum Gasteiger partial charge on any atom is 0.472 e. The van der Waals surface area contributed by atoms with Crippen LogP contribution in [-0.4, -0.2) is 96.7 Å². The number of carbonyl (C=O) groups is 4. The topological polar surface area (TPSA) is 237 Å². The lowest BCUT2D eigenvalue weighted by Gasteiger charge is -2.21. The molecule has 17 nitrogen and oxygen atoms in total. The molecule has 0 bridgehead atoms. The first-order valence-electron chi connectivity index (χ1n) is 35.7. The Bertz CT molecular complexity index is 1690. The van der Waals surface area contributed by atoms with Gasteiger partial charge in [-0.1, -0.05) is 298 Å². The Morgan fingerprint density at radius 1 is 0.322 bits per heavy atom. The van der Waals surface area contributed by atoms with Crippen molar-refractivity contribution in [3.05, 3.63) is 0 Å². The van der Waals surface area contributed by atoms with E-state index in [0.717, 1.165) is 95.8 Å². The zero-order valence-electron chi connectivity index (χ0n) is 56.2. The summed E-state index contributed by atoms with van der Waals surface area (Å²) in [5.41, 5.74) is 0. The summed E-state index contributed by atoms with van der Waals surface area (Å²) in [6.07, 6.45) is 47.1. The van der Waals surface area contributed by atoms with Crippen LogP contribution in [0, 0.1) is 5.92 Å². The van der Waals surface area contributed by atoms with E-state index in [1.807, 2.05) is 0 Å². The zero-order chi connectivity index (χ0) is 64.2. The predicted molar refractivity (Wildman–Crippen MR) is 349 cm³/mol. The van der Waals surface area contributed by atoms with Gasteiger partial charge in [-0.05, 0) is 31.6 Å². The molecule has 0 rings (SSSR count). The second-order valence-corrected chi connectivity index (χ2v) is 27.7. The molecular formula is C68H132O17P2. The van der Waals surface area contributed by atoms with Crippen LogP contribution in [0.4, 0.5) is 0 Å². The highest BCUT2D eigenvalue weighted by Gasteiger charge is 2.30. The Morgan fingerprint density at radius 2 is 0.552 bits per heavy atom. The molecule has 0 aliphatic heterocycles. The maximum atomic E-state index is 13.0. The number of hydrogen-bond donors (Lipinski definition) is 3. The minimum absolute atomic E-state index is 0.103. The number of rotatable bonds is 68. The second-order valence-electron chi connectivity index (χ2n) is 24.8. The van der Waals surface area contributed by atoms with Gasteiger partial charge in [-0.2, -0.15) is 0 Å². The highest BCUT2D eigenvalue weighted by atomic mass is 31.2. The molecule has 0 aromatic heterocycles. The van der Waals surface area contributed by atoms with Crippen LogP contribution < -0.4 is 0 Å². The summed E-state index contributed by atoms with van der Waals surface area (Å²) in [7, 11) is -9.89. The smallest absolute Gasteiger partial charge is 0.462 e. The molecule has 0 aromatic rings. The number of aliphatic hydroxyl groups is 1. The van der Waals surface area contributed by atoms with E-state index in [2.05, 4.69) is 34.6 Å². The van der Waals surface area contributed by atoms with Crippen LogP contribution in [0.3, 0.4) is 0 Å². The van der Waals surface area contributed by atoms with E-state index in [9.17, 15) is 43.2 Å². The number of hydrogen-bond acceptors (Lipinski definition) is 15. The molecule has 0 aliphatic carbocycles. The Labute approximate surface area is 530 Å². The lowest BCUT2D eigenvalue weighted by atomic mass is 10.00. The lowest BCUT2D eigenvalue weighted by molar-refractivity contribution is -0.161. The summed E-state index contributed by atoms with van der Waals surface area (Å²) in [6, 6.07) is 0. The van der Waals surface area contributed by atoms with Crippen molar-refractivity contribution >= 4 is 39.5 Å². The molecule has 0 radical (unpaired) electrons. The molecule has 19 heteroatoms. The summed E-state index contributed by atoms with van der Waals surface area (Å²) in [5.74, 6) is -1.41. The minimum atomic E-state index is -4.95. The van der Waals surface area contributed by atoms with Gasteiger partial charge in [0, 0.05) is 25.7 Å². The van der Waals surface area contributed by atoms with Crippen LogP contribution >= 0.6 is 15.6 Å². The van der Waals surface area contributed by atoms with E-state index >= 15 is 0 Å². The van der Waals surface area contributed by atoms with Gasteiger partial charge in [0.2, 0.25) is 0 Å². The largest absolute Gasteiger partial charge is 0.472 e. The third-order valence-electron chi connectivity index (χ3n) is 16.1. The highest BCUT2D eigenvalue weighted by Crippen LogP contribution is 2.45.